The SMILES string of the molecule is NC(=O)c1c(N)ncnc1NC1CC(OP(O)(O)=S)C[C@H]1OP(S)OCC1CCC(n2cnc3c(N)ncnc32)O1. The molecule has 0 radical (unpaired) electrons. The zero-order chi connectivity index (χ0) is 29.3. The summed E-state index contributed by atoms with van der Waals surface area (Å²) < 4.78 is 25.2. The first-order valence-corrected chi connectivity index (χ1v) is 17.2. The second-order valence-corrected chi connectivity index (χ2v) is 13.9. The van der Waals surface area contributed by atoms with Gasteiger partial charge in [0.25, 0.3) is 5.91 Å². The summed E-state index contributed by atoms with van der Waals surface area (Å²) >= 11 is 9.12. The fourth-order valence-electron chi connectivity index (χ4n) is 4.82. The number of hydrogen-bond acceptors (Lipinski definition) is 15. The van der Waals surface area contributed by atoms with Gasteiger partial charge in [-0.1, -0.05) is 12.2 Å². The fourth-order valence-corrected chi connectivity index (χ4v) is 7.13. The Bertz CT molecular complexity index is 1470. The highest BCUT2D eigenvalue weighted by atomic mass is 32.7. The molecule has 2 aliphatic rings. The summed E-state index contributed by atoms with van der Waals surface area (Å²) in [5.41, 5.74) is 18.2. The maximum absolute atomic E-state index is 11.9. The van der Waals surface area contributed by atoms with Crippen LogP contribution in [0.15, 0.2) is 19.0 Å². The number of hydrogen-bond donors (Lipinski definition) is 7. The second kappa shape index (κ2) is 12.5. The van der Waals surface area contributed by atoms with Crippen molar-refractivity contribution in [3.05, 3.63) is 24.5 Å². The maximum atomic E-state index is 11.9. The molecule has 3 aromatic heterocycles. The molecular weight excluding hydrogens is 618 g/mol. The first-order valence-electron chi connectivity index (χ1n) is 12.3. The number of imidazole rings is 1. The Hall–Kier alpha value is -2.31. The molecule has 0 spiro atoms. The predicted octanol–water partition coefficient (Wildman–Crippen LogP) is 0.984. The number of carbonyl (C=O) groups excluding carboxylic acids is 1. The predicted molar refractivity (Wildman–Crippen MR) is 155 cm³/mol. The van der Waals surface area contributed by atoms with E-state index in [0.29, 0.717) is 29.8 Å². The van der Waals surface area contributed by atoms with E-state index in [1.54, 1.807) is 6.33 Å². The third-order valence-corrected chi connectivity index (χ3v) is 8.85. The van der Waals surface area contributed by atoms with Gasteiger partial charge in [0.1, 0.15) is 41.6 Å². The lowest BCUT2D eigenvalue weighted by atomic mass is 10.2. The van der Waals surface area contributed by atoms with Gasteiger partial charge in [0.05, 0.1) is 37.3 Å². The number of aromatic nitrogens is 6. The van der Waals surface area contributed by atoms with Crippen molar-refractivity contribution in [1.29, 1.82) is 0 Å². The molecule has 5 unspecified atom stereocenters. The van der Waals surface area contributed by atoms with Gasteiger partial charge in [-0.2, -0.15) is 0 Å². The highest BCUT2D eigenvalue weighted by molar-refractivity contribution is 8.41. The van der Waals surface area contributed by atoms with Gasteiger partial charge in [-0.05, 0) is 31.1 Å². The molecule has 1 saturated heterocycles. The number of fused-ring (bicyclic) bond motifs is 1. The Morgan fingerprint density at radius 1 is 1.20 bits per heavy atom. The number of thiol groups is 1. The van der Waals surface area contributed by atoms with Crippen LogP contribution in [0.4, 0.5) is 17.5 Å². The molecule has 17 nitrogen and oxygen atoms in total. The van der Waals surface area contributed by atoms with Crippen molar-refractivity contribution in [2.75, 3.05) is 23.4 Å². The van der Waals surface area contributed by atoms with E-state index in [2.05, 4.69) is 54.3 Å². The lowest BCUT2D eigenvalue weighted by Gasteiger charge is -2.25. The van der Waals surface area contributed by atoms with Crippen molar-refractivity contribution in [2.24, 2.45) is 5.73 Å². The lowest BCUT2D eigenvalue weighted by molar-refractivity contribution is -0.0164. The van der Waals surface area contributed by atoms with E-state index in [-0.39, 0.29) is 49.0 Å². The Morgan fingerprint density at radius 2 is 1.95 bits per heavy atom. The van der Waals surface area contributed by atoms with Crippen LogP contribution in [0.3, 0.4) is 0 Å². The molecule has 222 valence electrons. The van der Waals surface area contributed by atoms with Gasteiger partial charge in [-0.15, -0.1) is 0 Å². The molecule has 1 aliphatic carbocycles. The molecule has 5 rings (SSSR count). The number of nitrogens with zero attached hydrogens (tertiary/aromatic N) is 6. The number of primary amides is 1. The average molecular weight is 647 g/mol. The second-order valence-electron chi connectivity index (χ2n) is 9.34. The third kappa shape index (κ3) is 7.19. The molecule has 1 amide bonds. The van der Waals surface area contributed by atoms with Crippen LogP contribution in [0.25, 0.3) is 11.2 Å². The quantitative estimate of drug-likeness (QED) is 0.113. The summed E-state index contributed by atoms with van der Waals surface area (Å²) in [4.78, 5) is 51.7. The van der Waals surface area contributed by atoms with Gasteiger partial charge in [0, 0.05) is 6.42 Å². The molecular formula is C20H28N10O7P2S2. The molecule has 1 saturated carbocycles. The first kappa shape index (κ1) is 30.2. The Morgan fingerprint density at radius 3 is 2.71 bits per heavy atom. The number of anilines is 3. The van der Waals surface area contributed by atoms with Crippen molar-refractivity contribution in [3.63, 3.8) is 0 Å². The fraction of sp³-hybridized carbons (Fsp3) is 0.500. The van der Waals surface area contributed by atoms with Crippen molar-refractivity contribution < 1.29 is 32.9 Å². The summed E-state index contributed by atoms with van der Waals surface area (Å²) in [5, 5.41) is 3.09. The van der Waals surface area contributed by atoms with Gasteiger partial charge in [-0.25, -0.2) is 24.9 Å². The summed E-state index contributed by atoms with van der Waals surface area (Å²) in [6, 6.07) is -0.522. The number of carbonyl (C=O) groups is 1. The molecule has 2 fully saturated rings. The van der Waals surface area contributed by atoms with Crippen molar-refractivity contribution >= 4 is 72.9 Å². The average Bonchev–Trinajstić information content (AvgIpc) is 3.61. The van der Waals surface area contributed by atoms with Crippen molar-refractivity contribution in [3.8, 4) is 0 Å². The highest BCUT2D eigenvalue weighted by Gasteiger charge is 2.40. The van der Waals surface area contributed by atoms with Crippen LogP contribution in [-0.2, 0) is 30.1 Å². The normalized spacial score (nSPS) is 25.5. The van der Waals surface area contributed by atoms with E-state index < -0.39 is 38.5 Å². The zero-order valence-corrected chi connectivity index (χ0v) is 24.8. The zero-order valence-electron chi connectivity index (χ0n) is 21.3. The van der Waals surface area contributed by atoms with Gasteiger partial charge >= 0.3 is 6.72 Å². The minimum atomic E-state index is -3.94. The number of nitrogen functional groups attached to an aromatic ring is 2. The number of amides is 1. The van der Waals surface area contributed by atoms with E-state index >= 15 is 0 Å². The molecule has 21 heteroatoms. The van der Waals surface area contributed by atoms with Crippen LogP contribution in [0, 0.1) is 0 Å². The minimum absolute atomic E-state index is 0.0813. The molecule has 0 bridgehead atoms. The molecule has 3 aromatic rings. The van der Waals surface area contributed by atoms with Crippen LogP contribution in [-0.4, -0.2) is 76.1 Å². The topological polar surface area (TPSA) is 254 Å². The Balaban J connectivity index is 1.20. The smallest absolute Gasteiger partial charge is 0.322 e. The van der Waals surface area contributed by atoms with E-state index in [0.717, 1.165) is 0 Å². The minimum Gasteiger partial charge on any atom is -0.383 e. The monoisotopic (exact) mass is 646 g/mol. The van der Waals surface area contributed by atoms with E-state index in [4.69, 9.17) is 35.5 Å². The summed E-state index contributed by atoms with van der Waals surface area (Å²) in [7, 11) is -1.71. The van der Waals surface area contributed by atoms with E-state index in [9.17, 15) is 14.6 Å². The Kier molecular flexibility index (Phi) is 9.20. The van der Waals surface area contributed by atoms with Gasteiger partial charge < -0.3 is 50.6 Å². The van der Waals surface area contributed by atoms with Gasteiger partial charge in [0.15, 0.2) is 11.5 Å². The largest absolute Gasteiger partial charge is 0.383 e. The molecule has 4 heterocycles. The van der Waals surface area contributed by atoms with Crippen LogP contribution < -0.4 is 22.5 Å². The van der Waals surface area contributed by atoms with E-state index in [1.807, 2.05) is 4.57 Å². The summed E-state index contributed by atoms with van der Waals surface area (Å²) in [6.07, 6.45) is 4.29. The molecule has 1 aliphatic heterocycles. The molecule has 9 N–H and O–H groups in total. The van der Waals surface area contributed by atoms with Crippen LogP contribution in [0.5, 0.6) is 0 Å². The van der Waals surface area contributed by atoms with Crippen LogP contribution >= 0.6 is 26.5 Å². The number of nitrogens with two attached hydrogens (primary N) is 3. The molecule has 6 atom stereocenters. The number of nitrogens with one attached hydrogen (secondary N) is 1. The third-order valence-electron chi connectivity index (χ3n) is 6.57. The lowest BCUT2D eigenvalue weighted by Crippen LogP contribution is -2.31. The van der Waals surface area contributed by atoms with Gasteiger partial charge in [-0.3, -0.25) is 9.36 Å². The van der Waals surface area contributed by atoms with Crippen LogP contribution in [0.1, 0.15) is 42.3 Å². The number of ether oxygens (including phenoxy) is 1. The standard InChI is InChI=1S/C20H28N10O7P2S2/c21-16-14(18(23)31)19(26-6-24-16)29-11-3-10(37-39(32,33)41)4-12(11)36-38(40)34-5-9-1-2-13(35-9)30-8-28-15-17(22)25-7-27-20(15)30/h6-13,40H,1-5H2,(H2,23,31)(H2,22,25,27)(H2,32,33,41)(H3,21,24,26,29)/t9?,10?,11?,12-,13?,38?/m1/s1. The highest BCUT2D eigenvalue weighted by Crippen LogP contribution is 2.50. The van der Waals surface area contributed by atoms with Gasteiger partial charge in [0.2, 0.25) is 7.58 Å². The number of rotatable bonds is 11. The first-order chi connectivity index (χ1) is 19.5. The maximum Gasteiger partial charge on any atom is 0.322 e. The summed E-state index contributed by atoms with van der Waals surface area (Å²) in [6.45, 7) is -3.73. The van der Waals surface area contributed by atoms with Crippen molar-refractivity contribution in [2.45, 2.75) is 56.3 Å². The Labute approximate surface area is 244 Å². The van der Waals surface area contributed by atoms with Crippen LogP contribution in [0.2, 0.25) is 0 Å². The summed E-state index contributed by atoms with van der Waals surface area (Å²) in [5.74, 6) is -0.507. The molecule has 41 heavy (non-hydrogen) atoms. The molecule has 0 aromatic carbocycles. The van der Waals surface area contributed by atoms with E-state index in [1.165, 1.54) is 12.7 Å². The van der Waals surface area contributed by atoms with Crippen molar-refractivity contribution in [1.82, 2.24) is 29.5 Å².